The third kappa shape index (κ3) is 2.49. The van der Waals surface area contributed by atoms with Gasteiger partial charge in [0.1, 0.15) is 0 Å². The Hall–Kier alpha value is -2.67. The van der Waals surface area contributed by atoms with Crippen molar-refractivity contribution in [3.63, 3.8) is 0 Å². The van der Waals surface area contributed by atoms with Gasteiger partial charge >= 0.3 is 0 Å². The summed E-state index contributed by atoms with van der Waals surface area (Å²) in [6, 6.07) is 12.7. The number of anilines is 1. The molecule has 0 saturated heterocycles. The number of sulfonamides is 1. The van der Waals surface area contributed by atoms with Gasteiger partial charge in [-0.2, -0.15) is 0 Å². The van der Waals surface area contributed by atoms with Crippen molar-refractivity contribution in [2.24, 2.45) is 0 Å². The molecule has 2 aromatic rings. The van der Waals surface area contributed by atoms with Crippen LogP contribution in [-0.2, 0) is 10.0 Å². The second kappa shape index (κ2) is 5.51. The number of amides is 2. The Morgan fingerprint density at radius 1 is 0.957 bits per heavy atom. The molecule has 2 aromatic carbocycles. The minimum Gasteiger partial charge on any atom is -0.288 e. The Bertz CT molecular complexity index is 892. The molecule has 0 unspecified atom stereocenters. The molecule has 6 nitrogen and oxygen atoms in total. The van der Waals surface area contributed by atoms with Gasteiger partial charge in [-0.1, -0.05) is 18.2 Å². The minimum atomic E-state index is -3.82. The van der Waals surface area contributed by atoms with Crippen LogP contribution in [0, 0.1) is 0 Å². The molecule has 1 heterocycles. The number of fused-ring (bicyclic) bond motifs is 1. The molecule has 0 atom stereocenters. The van der Waals surface area contributed by atoms with Crippen LogP contribution in [0.1, 0.15) is 27.6 Å². The average molecular weight is 330 g/mol. The van der Waals surface area contributed by atoms with Crippen LogP contribution in [-0.4, -0.2) is 26.8 Å². The summed E-state index contributed by atoms with van der Waals surface area (Å²) < 4.78 is 27.0. The van der Waals surface area contributed by atoms with Gasteiger partial charge in [0, 0.05) is 6.54 Å². The molecule has 3 rings (SSSR count). The van der Waals surface area contributed by atoms with Gasteiger partial charge in [-0.25, -0.2) is 8.42 Å². The Labute approximate surface area is 133 Å². The molecule has 1 N–H and O–H groups in total. The number of nitrogens with one attached hydrogen (secondary N) is 1. The van der Waals surface area contributed by atoms with Crippen molar-refractivity contribution in [1.29, 1.82) is 0 Å². The SMILES string of the molecule is CCN(c1ccccc1)S(=O)(=O)c1ccc2c(c1)C(=O)NC2=O. The molecule has 0 spiro atoms. The largest absolute Gasteiger partial charge is 0.288 e. The van der Waals surface area contributed by atoms with Gasteiger partial charge in [0.05, 0.1) is 21.7 Å². The Kier molecular flexibility index (Phi) is 3.65. The maximum absolute atomic E-state index is 12.9. The number of carbonyl (C=O) groups excluding carboxylic acids is 2. The lowest BCUT2D eigenvalue weighted by Crippen LogP contribution is -2.30. The first kappa shape index (κ1) is 15.2. The molecule has 0 saturated carbocycles. The van der Waals surface area contributed by atoms with Crippen LogP contribution in [0.5, 0.6) is 0 Å². The summed E-state index contributed by atoms with van der Waals surface area (Å²) in [7, 11) is -3.82. The zero-order valence-electron chi connectivity index (χ0n) is 12.3. The first-order chi connectivity index (χ1) is 10.9. The van der Waals surface area contributed by atoms with Crippen LogP contribution in [0.2, 0.25) is 0 Å². The zero-order chi connectivity index (χ0) is 16.6. The maximum Gasteiger partial charge on any atom is 0.264 e. The number of rotatable bonds is 4. The third-order valence-electron chi connectivity index (χ3n) is 3.63. The molecule has 1 aliphatic rings. The van der Waals surface area contributed by atoms with Gasteiger partial charge in [0.2, 0.25) is 0 Å². The predicted octanol–water partition coefficient (Wildman–Crippen LogP) is 1.79. The topological polar surface area (TPSA) is 83.6 Å². The number of para-hydroxylation sites is 1. The zero-order valence-corrected chi connectivity index (χ0v) is 13.1. The second-order valence-electron chi connectivity index (χ2n) is 5.00. The van der Waals surface area contributed by atoms with Crippen LogP contribution >= 0.6 is 0 Å². The quantitative estimate of drug-likeness (QED) is 0.866. The average Bonchev–Trinajstić information content (AvgIpc) is 2.83. The minimum absolute atomic E-state index is 0.0215. The Balaban J connectivity index is 2.08. The first-order valence-corrected chi connectivity index (χ1v) is 8.46. The highest BCUT2D eigenvalue weighted by Crippen LogP contribution is 2.26. The van der Waals surface area contributed by atoms with E-state index in [9.17, 15) is 18.0 Å². The Morgan fingerprint density at radius 3 is 2.26 bits per heavy atom. The van der Waals surface area contributed by atoms with Gasteiger partial charge in [0.25, 0.3) is 21.8 Å². The molecule has 1 aliphatic heterocycles. The van der Waals surface area contributed by atoms with E-state index < -0.39 is 21.8 Å². The summed E-state index contributed by atoms with van der Waals surface area (Å²) >= 11 is 0. The molecule has 0 radical (unpaired) electrons. The normalized spacial score (nSPS) is 13.6. The van der Waals surface area contributed by atoms with Crippen LogP contribution in [0.15, 0.2) is 53.4 Å². The van der Waals surface area contributed by atoms with E-state index in [1.807, 2.05) is 0 Å². The van der Waals surface area contributed by atoms with Crippen LogP contribution in [0.25, 0.3) is 0 Å². The summed E-state index contributed by atoms with van der Waals surface area (Å²) in [6.07, 6.45) is 0. The molecule has 23 heavy (non-hydrogen) atoms. The van der Waals surface area contributed by atoms with E-state index in [0.29, 0.717) is 5.69 Å². The summed E-state index contributed by atoms with van der Waals surface area (Å²) in [5.74, 6) is -1.09. The fourth-order valence-electron chi connectivity index (χ4n) is 2.52. The van der Waals surface area contributed by atoms with Crippen LogP contribution in [0.3, 0.4) is 0 Å². The summed E-state index contributed by atoms with van der Waals surface area (Å²) in [4.78, 5) is 23.3. The van der Waals surface area contributed by atoms with Crippen molar-refractivity contribution in [2.75, 3.05) is 10.8 Å². The third-order valence-corrected chi connectivity index (χ3v) is 5.53. The van der Waals surface area contributed by atoms with Crippen molar-refractivity contribution < 1.29 is 18.0 Å². The van der Waals surface area contributed by atoms with E-state index in [4.69, 9.17) is 0 Å². The lowest BCUT2D eigenvalue weighted by atomic mass is 10.1. The van der Waals surface area contributed by atoms with Gasteiger partial charge in [-0.15, -0.1) is 0 Å². The second-order valence-corrected chi connectivity index (χ2v) is 6.86. The van der Waals surface area contributed by atoms with E-state index in [0.717, 1.165) is 0 Å². The van der Waals surface area contributed by atoms with Gasteiger partial charge in [-0.3, -0.25) is 19.2 Å². The monoisotopic (exact) mass is 330 g/mol. The number of hydrogen-bond acceptors (Lipinski definition) is 4. The van der Waals surface area contributed by atoms with E-state index in [1.165, 1.54) is 22.5 Å². The maximum atomic E-state index is 12.9. The lowest BCUT2D eigenvalue weighted by Gasteiger charge is -2.23. The molecule has 2 amide bonds. The lowest BCUT2D eigenvalue weighted by molar-refractivity contribution is 0.0879. The number of hydrogen-bond donors (Lipinski definition) is 1. The van der Waals surface area contributed by atoms with Gasteiger partial charge in [-0.05, 0) is 37.3 Å². The highest BCUT2D eigenvalue weighted by molar-refractivity contribution is 7.92. The van der Waals surface area contributed by atoms with E-state index >= 15 is 0 Å². The van der Waals surface area contributed by atoms with Crippen molar-refractivity contribution in [3.05, 3.63) is 59.7 Å². The molecule has 0 aliphatic carbocycles. The van der Waals surface area contributed by atoms with Crippen LogP contribution < -0.4 is 9.62 Å². The summed E-state index contributed by atoms with van der Waals surface area (Å²) in [6.45, 7) is 1.97. The van der Waals surface area contributed by atoms with Crippen molar-refractivity contribution in [1.82, 2.24) is 5.32 Å². The smallest absolute Gasteiger partial charge is 0.264 e. The first-order valence-electron chi connectivity index (χ1n) is 7.02. The number of imide groups is 1. The molecule has 0 bridgehead atoms. The number of benzene rings is 2. The fraction of sp³-hybridized carbons (Fsp3) is 0.125. The van der Waals surface area contributed by atoms with Crippen molar-refractivity contribution >= 4 is 27.5 Å². The van der Waals surface area contributed by atoms with Crippen LogP contribution in [0.4, 0.5) is 5.69 Å². The number of carbonyl (C=O) groups is 2. The number of nitrogens with zero attached hydrogens (tertiary/aromatic N) is 1. The molecule has 7 heteroatoms. The van der Waals surface area contributed by atoms with Crippen molar-refractivity contribution in [2.45, 2.75) is 11.8 Å². The predicted molar refractivity (Wildman–Crippen MR) is 84.9 cm³/mol. The Morgan fingerprint density at radius 2 is 1.61 bits per heavy atom. The standard InChI is InChI=1S/C16H14N2O4S/c1-2-18(11-6-4-3-5-7-11)23(21,22)12-8-9-13-14(10-12)16(20)17-15(13)19/h3-10H,2H2,1H3,(H,17,19,20). The van der Waals surface area contributed by atoms with Crippen molar-refractivity contribution in [3.8, 4) is 0 Å². The van der Waals surface area contributed by atoms with Gasteiger partial charge in [0.15, 0.2) is 0 Å². The highest BCUT2D eigenvalue weighted by Gasteiger charge is 2.30. The highest BCUT2D eigenvalue weighted by atomic mass is 32.2. The van der Waals surface area contributed by atoms with Gasteiger partial charge < -0.3 is 0 Å². The molecule has 0 aromatic heterocycles. The van der Waals surface area contributed by atoms with E-state index in [2.05, 4.69) is 5.32 Å². The fourth-order valence-corrected chi connectivity index (χ4v) is 4.02. The molecular weight excluding hydrogens is 316 g/mol. The molecule has 118 valence electrons. The molecule has 0 fully saturated rings. The van der Waals surface area contributed by atoms with E-state index in [1.54, 1.807) is 37.3 Å². The summed E-state index contributed by atoms with van der Waals surface area (Å²) in [5, 5.41) is 2.15. The van der Waals surface area contributed by atoms with E-state index in [-0.39, 0.29) is 22.6 Å². The summed E-state index contributed by atoms with van der Waals surface area (Å²) in [5.41, 5.74) is 0.813. The molecular formula is C16H14N2O4S.